The van der Waals surface area contributed by atoms with Crippen LogP contribution >= 0.6 is 11.8 Å². The Kier molecular flexibility index (Phi) is 7.92. The molecule has 29 heavy (non-hydrogen) atoms. The zero-order valence-electron chi connectivity index (χ0n) is 20.0. The van der Waals surface area contributed by atoms with Crippen molar-refractivity contribution >= 4 is 17.7 Å². The van der Waals surface area contributed by atoms with Crippen molar-refractivity contribution in [1.29, 1.82) is 0 Å². The van der Waals surface area contributed by atoms with Crippen molar-refractivity contribution in [3.63, 3.8) is 0 Å². The molecule has 0 radical (unpaired) electrons. The van der Waals surface area contributed by atoms with E-state index in [1.54, 1.807) is 11.8 Å². The van der Waals surface area contributed by atoms with Gasteiger partial charge >= 0.3 is 5.97 Å². The SMILES string of the molecule is C[C@H](OC(C(=O)O)C(C)(C)C)[C@H](C)Sc1cc(C(C)(C)C)c(O)c(C(C)(C)C)c1. The number of aromatic hydroxyl groups is 1. The second kappa shape index (κ2) is 8.89. The highest BCUT2D eigenvalue weighted by Gasteiger charge is 2.35. The Morgan fingerprint density at radius 1 is 0.931 bits per heavy atom. The predicted molar refractivity (Wildman–Crippen MR) is 122 cm³/mol. The second-order valence-corrected chi connectivity index (χ2v) is 12.6. The average molecular weight is 425 g/mol. The minimum atomic E-state index is -0.934. The third-order valence-electron chi connectivity index (χ3n) is 5.04. The van der Waals surface area contributed by atoms with Gasteiger partial charge in [0.05, 0.1) is 6.10 Å². The van der Waals surface area contributed by atoms with Crippen molar-refractivity contribution in [2.24, 2.45) is 5.41 Å². The molecule has 1 aromatic rings. The maximum atomic E-state index is 11.7. The summed E-state index contributed by atoms with van der Waals surface area (Å²) < 4.78 is 5.96. The van der Waals surface area contributed by atoms with Crippen LogP contribution < -0.4 is 0 Å². The third kappa shape index (κ3) is 6.92. The summed E-state index contributed by atoms with van der Waals surface area (Å²) in [4.78, 5) is 12.7. The Morgan fingerprint density at radius 2 is 1.34 bits per heavy atom. The number of hydrogen-bond acceptors (Lipinski definition) is 4. The first-order valence-corrected chi connectivity index (χ1v) is 11.2. The van der Waals surface area contributed by atoms with Gasteiger partial charge in [-0.2, -0.15) is 0 Å². The van der Waals surface area contributed by atoms with Gasteiger partial charge in [0, 0.05) is 21.3 Å². The van der Waals surface area contributed by atoms with Crippen molar-refractivity contribution in [3.05, 3.63) is 23.3 Å². The molecule has 0 aromatic heterocycles. The quantitative estimate of drug-likeness (QED) is 0.519. The molecule has 4 nitrogen and oxygen atoms in total. The lowest BCUT2D eigenvalue weighted by atomic mass is 9.79. The molecular weight excluding hydrogens is 384 g/mol. The Balaban J connectivity index is 3.21. The van der Waals surface area contributed by atoms with Crippen LogP contribution in [0.3, 0.4) is 0 Å². The van der Waals surface area contributed by atoms with E-state index in [4.69, 9.17) is 4.74 Å². The van der Waals surface area contributed by atoms with E-state index >= 15 is 0 Å². The summed E-state index contributed by atoms with van der Waals surface area (Å²) in [6.07, 6.45) is -1.11. The molecule has 166 valence electrons. The van der Waals surface area contributed by atoms with Crippen molar-refractivity contribution in [2.45, 2.75) is 109 Å². The molecule has 0 saturated heterocycles. The topological polar surface area (TPSA) is 66.8 Å². The third-order valence-corrected chi connectivity index (χ3v) is 6.31. The van der Waals surface area contributed by atoms with E-state index in [-0.39, 0.29) is 22.2 Å². The van der Waals surface area contributed by atoms with Crippen molar-refractivity contribution < 1.29 is 19.7 Å². The molecule has 0 bridgehead atoms. The van der Waals surface area contributed by atoms with Crippen LogP contribution in [-0.4, -0.2) is 33.6 Å². The van der Waals surface area contributed by atoms with E-state index in [9.17, 15) is 15.0 Å². The maximum absolute atomic E-state index is 11.7. The monoisotopic (exact) mass is 424 g/mol. The van der Waals surface area contributed by atoms with Crippen LogP contribution in [-0.2, 0) is 20.4 Å². The van der Waals surface area contributed by atoms with E-state index in [1.807, 2.05) is 27.7 Å². The summed E-state index contributed by atoms with van der Waals surface area (Å²) in [6, 6.07) is 4.10. The highest BCUT2D eigenvalue weighted by molar-refractivity contribution is 8.00. The fraction of sp³-hybridized carbons (Fsp3) is 0.708. The van der Waals surface area contributed by atoms with E-state index < -0.39 is 17.5 Å². The van der Waals surface area contributed by atoms with Gasteiger partial charge in [-0.15, -0.1) is 11.8 Å². The molecule has 5 heteroatoms. The fourth-order valence-corrected chi connectivity index (χ4v) is 4.14. The molecule has 0 fully saturated rings. The summed E-state index contributed by atoms with van der Waals surface area (Å²) in [5, 5.41) is 20.5. The molecule has 0 saturated carbocycles. The Labute approximate surface area is 181 Å². The molecule has 0 amide bonds. The van der Waals surface area contributed by atoms with E-state index in [0.717, 1.165) is 16.0 Å². The predicted octanol–water partition coefficient (Wildman–Crippen LogP) is 6.37. The largest absolute Gasteiger partial charge is 0.507 e. The van der Waals surface area contributed by atoms with Crippen molar-refractivity contribution in [1.82, 2.24) is 0 Å². The number of carbonyl (C=O) groups is 1. The number of carboxylic acid groups (broad SMARTS) is 1. The van der Waals surface area contributed by atoms with Gasteiger partial charge in [-0.1, -0.05) is 69.2 Å². The van der Waals surface area contributed by atoms with Crippen LogP contribution in [0.5, 0.6) is 5.75 Å². The highest BCUT2D eigenvalue weighted by atomic mass is 32.2. The fourth-order valence-electron chi connectivity index (χ4n) is 3.09. The average Bonchev–Trinajstić information content (AvgIpc) is 2.49. The summed E-state index contributed by atoms with van der Waals surface area (Å²) in [5.74, 6) is -0.568. The van der Waals surface area contributed by atoms with Gasteiger partial charge in [0.2, 0.25) is 0 Å². The number of benzene rings is 1. The molecular formula is C24H40O4S. The highest BCUT2D eigenvalue weighted by Crippen LogP contribution is 2.43. The molecule has 0 spiro atoms. The molecule has 0 aliphatic rings. The van der Waals surface area contributed by atoms with E-state index in [0.29, 0.717) is 5.75 Å². The van der Waals surface area contributed by atoms with E-state index in [1.165, 1.54) is 0 Å². The molecule has 1 unspecified atom stereocenters. The Morgan fingerprint density at radius 3 is 1.66 bits per heavy atom. The number of thioether (sulfide) groups is 1. The molecule has 3 atom stereocenters. The number of phenols is 1. The van der Waals surface area contributed by atoms with Gasteiger partial charge in [0.25, 0.3) is 0 Å². The zero-order chi connectivity index (χ0) is 22.9. The van der Waals surface area contributed by atoms with Crippen LogP contribution in [0.2, 0.25) is 0 Å². The van der Waals surface area contributed by atoms with Crippen LogP contribution in [0.25, 0.3) is 0 Å². The number of ether oxygens (including phenoxy) is 1. The van der Waals surface area contributed by atoms with Gasteiger partial charge in [0.1, 0.15) is 5.75 Å². The Bertz CT molecular complexity index is 685. The van der Waals surface area contributed by atoms with Gasteiger partial charge in [-0.25, -0.2) is 4.79 Å². The molecule has 0 aliphatic carbocycles. The van der Waals surface area contributed by atoms with Gasteiger partial charge < -0.3 is 14.9 Å². The van der Waals surface area contributed by atoms with Gasteiger partial charge in [0.15, 0.2) is 6.10 Å². The van der Waals surface area contributed by atoms with Crippen LogP contribution in [0.15, 0.2) is 17.0 Å². The van der Waals surface area contributed by atoms with Gasteiger partial charge in [-0.3, -0.25) is 0 Å². The smallest absolute Gasteiger partial charge is 0.333 e. The first kappa shape index (κ1) is 25.8. The van der Waals surface area contributed by atoms with Crippen LogP contribution in [0.1, 0.15) is 87.3 Å². The minimum Gasteiger partial charge on any atom is -0.507 e. The minimum absolute atomic E-state index is 0.0457. The molecule has 0 aliphatic heterocycles. The molecule has 1 aromatic carbocycles. The lowest BCUT2D eigenvalue weighted by molar-refractivity contribution is -0.162. The van der Waals surface area contributed by atoms with Crippen LogP contribution in [0.4, 0.5) is 0 Å². The van der Waals surface area contributed by atoms with E-state index in [2.05, 4.69) is 60.6 Å². The normalized spacial score (nSPS) is 16.4. The summed E-state index contributed by atoms with van der Waals surface area (Å²) in [5.41, 5.74) is 0.985. The van der Waals surface area contributed by atoms with Gasteiger partial charge in [-0.05, 0) is 35.3 Å². The van der Waals surface area contributed by atoms with Crippen molar-refractivity contribution in [3.8, 4) is 5.75 Å². The number of hydrogen-bond donors (Lipinski definition) is 2. The van der Waals surface area contributed by atoms with Crippen molar-refractivity contribution in [2.75, 3.05) is 0 Å². The summed E-state index contributed by atoms with van der Waals surface area (Å²) in [6.45, 7) is 22.2. The lowest BCUT2D eigenvalue weighted by Gasteiger charge is -2.32. The Hall–Kier alpha value is -1.20. The second-order valence-electron chi connectivity index (χ2n) is 11.1. The standard InChI is InChI=1S/C24H40O4S/c1-14(28-20(21(26)27)24(9,10)11)15(2)29-16-12-17(22(3,4)5)19(25)18(13-16)23(6,7)8/h12-15,20,25H,1-11H3,(H,26,27)/t14-,15-,20?/m0/s1. The molecule has 2 N–H and O–H groups in total. The first-order valence-electron chi connectivity index (χ1n) is 10.3. The molecule has 0 heterocycles. The maximum Gasteiger partial charge on any atom is 0.333 e. The summed E-state index contributed by atoms with van der Waals surface area (Å²) in [7, 11) is 0. The summed E-state index contributed by atoms with van der Waals surface area (Å²) >= 11 is 1.66. The molecule has 1 rings (SSSR count). The first-order chi connectivity index (χ1) is 12.9. The number of rotatable bonds is 6. The zero-order valence-corrected chi connectivity index (χ0v) is 20.8. The lowest BCUT2D eigenvalue weighted by Crippen LogP contribution is -2.41. The number of phenolic OH excluding ortho intramolecular Hbond substituents is 1. The van der Waals surface area contributed by atoms with Crippen LogP contribution in [0, 0.1) is 5.41 Å². The number of aliphatic carboxylic acids is 1. The number of carboxylic acids is 1.